The Labute approximate surface area is 172 Å². The van der Waals surface area contributed by atoms with E-state index in [2.05, 4.69) is 6.07 Å². The zero-order valence-electron chi connectivity index (χ0n) is 15.6. The van der Waals surface area contributed by atoms with E-state index in [0.29, 0.717) is 29.1 Å². The zero-order valence-corrected chi connectivity index (χ0v) is 16.4. The minimum absolute atomic E-state index is 0.00751. The van der Waals surface area contributed by atoms with Gasteiger partial charge in [0.1, 0.15) is 5.82 Å². The van der Waals surface area contributed by atoms with Crippen LogP contribution < -0.4 is 4.90 Å². The molecule has 29 heavy (non-hydrogen) atoms. The van der Waals surface area contributed by atoms with E-state index in [1.807, 2.05) is 6.07 Å². The Morgan fingerprint density at radius 3 is 2.86 bits per heavy atom. The molecule has 2 aromatic rings. The molecule has 1 saturated carbocycles. The first-order valence-corrected chi connectivity index (χ1v) is 10.6. The molecule has 0 unspecified atom stereocenters. The van der Waals surface area contributed by atoms with Crippen LogP contribution in [0.1, 0.15) is 29.5 Å². The number of carbonyl (C=O) groups excluding carboxylic acids is 2. The third-order valence-corrected chi connectivity index (χ3v) is 7.16. The number of fused-ring (bicyclic) bond motifs is 2. The molecular formula is C22H18FN3O2S. The highest BCUT2D eigenvalue weighted by Crippen LogP contribution is 2.55. The Hall–Kier alpha value is -2.85. The summed E-state index contributed by atoms with van der Waals surface area (Å²) in [6, 6.07) is 13.6. The lowest BCUT2D eigenvalue weighted by Crippen LogP contribution is -2.50. The van der Waals surface area contributed by atoms with E-state index < -0.39 is 10.7 Å². The highest BCUT2D eigenvalue weighted by atomic mass is 32.2. The molecule has 1 atom stereocenters. The van der Waals surface area contributed by atoms with Gasteiger partial charge < -0.3 is 9.80 Å². The van der Waals surface area contributed by atoms with Gasteiger partial charge in [-0.05, 0) is 48.7 Å². The summed E-state index contributed by atoms with van der Waals surface area (Å²) in [5.74, 6) is -0.0195. The van der Waals surface area contributed by atoms with Gasteiger partial charge >= 0.3 is 0 Å². The number of nitrogens with zero attached hydrogens (tertiary/aromatic N) is 3. The van der Waals surface area contributed by atoms with Gasteiger partial charge in [-0.15, -0.1) is 11.8 Å². The monoisotopic (exact) mass is 407 g/mol. The first-order chi connectivity index (χ1) is 14.0. The average Bonchev–Trinajstić information content (AvgIpc) is 3.45. The molecule has 5 nitrogen and oxygen atoms in total. The van der Waals surface area contributed by atoms with Crippen molar-refractivity contribution in [2.45, 2.75) is 24.3 Å². The molecule has 0 bridgehead atoms. The number of thioether (sulfide) groups is 1. The molecule has 2 aromatic carbocycles. The lowest BCUT2D eigenvalue weighted by Gasteiger charge is -2.33. The van der Waals surface area contributed by atoms with E-state index >= 15 is 0 Å². The molecule has 2 heterocycles. The lowest BCUT2D eigenvalue weighted by molar-refractivity contribution is -0.141. The molecule has 0 N–H and O–H groups in total. The van der Waals surface area contributed by atoms with Gasteiger partial charge in [0.15, 0.2) is 4.87 Å². The van der Waals surface area contributed by atoms with Crippen molar-refractivity contribution in [3.05, 3.63) is 65.0 Å². The topological polar surface area (TPSA) is 64.4 Å². The highest BCUT2D eigenvalue weighted by Gasteiger charge is 2.60. The van der Waals surface area contributed by atoms with Crippen LogP contribution in [0.25, 0.3) is 0 Å². The number of amides is 2. The van der Waals surface area contributed by atoms with Crippen LogP contribution in [0.15, 0.2) is 42.5 Å². The molecule has 1 aliphatic carbocycles. The Balaban J connectivity index is 1.59. The maximum atomic E-state index is 14.2. The van der Waals surface area contributed by atoms with Crippen molar-refractivity contribution in [1.29, 1.82) is 5.26 Å². The largest absolute Gasteiger partial charge is 0.315 e. The number of nitriles is 1. The second-order valence-corrected chi connectivity index (χ2v) is 8.91. The quantitative estimate of drug-likeness (QED) is 0.783. The van der Waals surface area contributed by atoms with Crippen molar-refractivity contribution in [2.24, 2.45) is 5.92 Å². The third-order valence-electron chi connectivity index (χ3n) is 5.74. The fourth-order valence-electron chi connectivity index (χ4n) is 4.24. The Bertz CT molecular complexity index is 1080. The smallest absolute Gasteiger partial charge is 0.268 e. The molecule has 5 rings (SSSR count). The number of anilines is 1. The molecule has 0 aromatic heterocycles. The summed E-state index contributed by atoms with van der Waals surface area (Å²) < 4.78 is 14.2. The molecule has 2 fully saturated rings. The van der Waals surface area contributed by atoms with Crippen molar-refractivity contribution in [3.63, 3.8) is 0 Å². The van der Waals surface area contributed by atoms with E-state index in [1.165, 1.54) is 23.9 Å². The second kappa shape index (κ2) is 6.60. The van der Waals surface area contributed by atoms with Crippen LogP contribution in [0.5, 0.6) is 0 Å². The molecule has 2 aliphatic heterocycles. The Morgan fingerprint density at radius 2 is 2.10 bits per heavy atom. The van der Waals surface area contributed by atoms with Crippen molar-refractivity contribution in [2.75, 3.05) is 17.2 Å². The summed E-state index contributed by atoms with van der Waals surface area (Å²) in [6.07, 6.45) is 1.70. The molecule has 7 heteroatoms. The molecular weight excluding hydrogens is 389 g/mol. The van der Waals surface area contributed by atoms with Gasteiger partial charge in [-0.1, -0.05) is 12.1 Å². The van der Waals surface area contributed by atoms with E-state index in [9.17, 15) is 14.0 Å². The number of halogens is 1. The van der Waals surface area contributed by atoms with Gasteiger partial charge in [0.2, 0.25) is 5.91 Å². The van der Waals surface area contributed by atoms with Gasteiger partial charge in [-0.2, -0.15) is 5.26 Å². The Kier molecular flexibility index (Phi) is 4.14. The number of benzene rings is 2. The van der Waals surface area contributed by atoms with Crippen LogP contribution in [0.3, 0.4) is 0 Å². The van der Waals surface area contributed by atoms with Gasteiger partial charge in [0, 0.05) is 23.8 Å². The predicted molar refractivity (Wildman–Crippen MR) is 107 cm³/mol. The summed E-state index contributed by atoms with van der Waals surface area (Å²) >= 11 is 1.41. The standard InChI is InChI=1S/C22H18FN3O2S/c23-17-6-7-19-18(11-17)22(26(8-9-29-22)20(27)16-4-5-16)21(28)25(19)13-15-3-1-2-14(10-15)12-24/h1-3,6-7,10-11,16H,4-5,8-9,13H2/t22-/m0/s1. The minimum atomic E-state index is -1.19. The molecule has 2 amide bonds. The average molecular weight is 407 g/mol. The number of rotatable bonds is 3. The minimum Gasteiger partial charge on any atom is -0.315 e. The van der Waals surface area contributed by atoms with Crippen LogP contribution in [0, 0.1) is 23.1 Å². The summed E-state index contributed by atoms with van der Waals surface area (Å²) in [7, 11) is 0. The third kappa shape index (κ3) is 2.74. The van der Waals surface area contributed by atoms with Gasteiger partial charge in [0.05, 0.1) is 23.9 Å². The van der Waals surface area contributed by atoms with Crippen LogP contribution in [0.4, 0.5) is 10.1 Å². The first-order valence-electron chi connectivity index (χ1n) is 9.61. The summed E-state index contributed by atoms with van der Waals surface area (Å²) in [5.41, 5.74) is 2.51. The zero-order chi connectivity index (χ0) is 20.2. The summed E-state index contributed by atoms with van der Waals surface area (Å²) in [5, 5.41) is 9.16. The van der Waals surface area contributed by atoms with Crippen LogP contribution in [-0.2, 0) is 21.0 Å². The fourth-order valence-corrected chi connectivity index (χ4v) is 5.70. The Morgan fingerprint density at radius 1 is 1.28 bits per heavy atom. The summed E-state index contributed by atoms with van der Waals surface area (Å²) in [4.78, 5) is 28.8. The summed E-state index contributed by atoms with van der Waals surface area (Å²) in [6.45, 7) is 0.750. The van der Waals surface area contributed by atoms with Crippen molar-refractivity contribution < 1.29 is 14.0 Å². The van der Waals surface area contributed by atoms with Crippen LogP contribution >= 0.6 is 11.8 Å². The number of hydrogen-bond donors (Lipinski definition) is 0. The highest BCUT2D eigenvalue weighted by molar-refractivity contribution is 8.01. The normalized spacial score (nSPS) is 22.8. The van der Waals surface area contributed by atoms with Crippen molar-refractivity contribution >= 4 is 29.3 Å². The van der Waals surface area contributed by atoms with E-state index in [4.69, 9.17) is 5.26 Å². The van der Waals surface area contributed by atoms with Crippen LogP contribution in [0.2, 0.25) is 0 Å². The van der Waals surface area contributed by atoms with Gasteiger partial charge in [0.25, 0.3) is 5.91 Å². The van der Waals surface area contributed by atoms with Gasteiger partial charge in [-0.25, -0.2) is 4.39 Å². The predicted octanol–water partition coefficient (Wildman–Crippen LogP) is 3.38. The second-order valence-electron chi connectivity index (χ2n) is 7.62. The van der Waals surface area contributed by atoms with E-state index in [0.717, 1.165) is 18.4 Å². The van der Waals surface area contributed by atoms with Gasteiger partial charge in [-0.3, -0.25) is 9.59 Å². The SMILES string of the molecule is N#Cc1cccc(CN2C(=O)[C@@]3(SCCN3C(=O)C3CC3)c3cc(F)ccc32)c1. The number of hydrogen-bond acceptors (Lipinski definition) is 4. The van der Waals surface area contributed by atoms with Crippen LogP contribution in [-0.4, -0.2) is 29.0 Å². The molecule has 0 radical (unpaired) electrons. The van der Waals surface area contributed by atoms with E-state index in [1.54, 1.807) is 34.1 Å². The molecule has 1 saturated heterocycles. The molecule has 146 valence electrons. The molecule has 3 aliphatic rings. The molecule has 1 spiro atoms. The maximum Gasteiger partial charge on any atom is 0.268 e. The maximum absolute atomic E-state index is 14.2. The lowest BCUT2D eigenvalue weighted by atomic mass is 10.0. The number of carbonyl (C=O) groups is 2. The fraction of sp³-hybridized carbons (Fsp3) is 0.318. The van der Waals surface area contributed by atoms with Crippen molar-refractivity contribution in [1.82, 2.24) is 4.90 Å². The van der Waals surface area contributed by atoms with E-state index in [-0.39, 0.29) is 24.3 Å². The first kappa shape index (κ1) is 18.2. The van der Waals surface area contributed by atoms with Crippen molar-refractivity contribution in [3.8, 4) is 6.07 Å².